The van der Waals surface area contributed by atoms with E-state index in [0.717, 1.165) is 30.7 Å². The van der Waals surface area contributed by atoms with Crippen LogP contribution in [0.25, 0.3) is 0 Å². The van der Waals surface area contributed by atoms with E-state index in [9.17, 15) is 22.6 Å². The van der Waals surface area contributed by atoms with Crippen LogP contribution in [0, 0.1) is 0 Å². The van der Waals surface area contributed by atoms with Crippen molar-refractivity contribution < 1.29 is 32.0 Å². The molecule has 0 aliphatic carbocycles. The van der Waals surface area contributed by atoms with E-state index in [2.05, 4.69) is 22.6 Å². The normalized spacial score (nSPS) is 10.4. The third-order valence-electron chi connectivity index (χ3n) is 2.05. The maximum absolute atomic E-state index is 11.5. The van der Waals surface area contributed by atoms with Gasteiger partial charge in [0.2, 0.25) is 0 Å². The zero-order chi connectivity index (χ0) is 15.3. The first kappa shape index (κ1) is 15.6. The summed E-state index contributed by atoms with van der Waals surface area (Å²) in [6, 6.07) is 2.60. The molecule has 0 aliphatic rings. The Bertz CT molecular complexity index is 633. The largest absolute Gasteiger partial charge is 0.744 e. The number of carbonyl (C=O) groups is 2. The number of esters is 2. The number of hydrogen-bond acceptors (Lipinski definition) is 7. The zero-order valence-electron chi connectivity index (χ0n) is 10.1. The first-order valence-electron chi connectivity index (χ1n) is 5.04. The smallest absolute Gasteiger partial charge is 0.342 e. The van der Waals surface area contributed by atoms with Crippen LogP contribution in [0.3, 0.4) is 0 Å². The van der Waals surface area contributed by atoms with E-state index in [4.69, 9.17) is 0 Å². The van der Waals surface area contributed by atoms with E-state index in [1.165, 1.54) is 0 Å². The second-order valence-electron chi connectivity index (χ2n) is 3.34. The Labute approximate surface area is 114 Å². The molecule has 8 heteroatoms. The van der Waals surface area contributed by atoms with Crippen LogP contribution < -0.4 is 0 Å². The SMILES string of the molecule is C=COC(=O)c1cc(C(=O)OC=C)cc(S(=O)(=O)[O-])c1. The van der Waals surface area contributed by atoms with Crippen LogP contribution in [0.15, 0.2) is 48.8 Å². The molecule has 0 aromatic heterocycles. The molecule has 0 unspecified atom stereocenters. The molecule has 0 N–H and O–H groups in total. The summed E-state index contributed by atoms with van der Waals surface area (Å²) in [5.74, 6) is -1.95. The molecule has 7 nitrogen and oxygen atoms in total. The summed E-state index contributed by atoms with van der Waals surface area (Å²) in [4.78, 5) is 22.2. The highest BCUT2D eigenvalue weighted by Crippen LogP contribution is 2.17. The number of hydrogen-bond donors (Lipinski definition) is 0. The minimum atomic E-state index is -4.86. The Morgan fingerprint density at radius 3 is 1.70 bits per heavy atom. The summed E-state index contributed by atoms with van der Waals surface area (Å²) < 4.78 is 41.9. The molecule has 0 fully saturated rings. The average Bonchev–Trinajstić information content (AvgIpc) is 2.37. The number of ether oxygens (including phenoxy) is 2. The maximum atomic E-state index is 11.5. The van der Waals surface area contributed by atoms with Gasteiger partial charge in [-0.1, -0.05) is 13.2 Å². The summed E-state index contributed by atoms with van der Waals surface area (Å²) >= 11 is 0. The summed E-state index contributed by atoms with van der Waals surface area (Å²) in [5.41, 5.74) is -0.615. The van der Waals surface area contributed by atoms with Crippen molar-refractivity contribution in [2.45, 2.75) is 4.90 Å². The molecular formula is C12H9O7S-. The molecular weight excluding hydrogens is 288 g/mol. The first-order valence-corrected chi connectivity index (χ1v) is 6.45. The van der Waals surface area contributed by atoms with Crippen LogP contribution in [0.5, 0.6) is 0 Å². The van der Waals surface area contributed by atoms with E-state index < -0.39 is 27.0 Å². The molecule has 106 valence electrons. The predicted octanol–water partition coefficient (Wildman–Crippen LogP) is 1.19. The highest BCUT2D eigenvalue weighted by molar-refractivity contribution is 7.85. The second-order valence-corrected chi connectivity index (χ2v) is 4.72. The van der Waals surface area contributed by atoms with Gasteiger partial charge in [0.05, 0.1) is 28.5 Å². The Morgan fingerprint density at radius 2 is 1.40 bits per heavy atom. The Balaban J connectivity index is 3.43. The van der Waals surface area contributed by atoms with Gasteiger partial charge in [0.15, 0.2) is 0 Å². The molecule has 20 heavy (non-hydrogen) atoms. The highest BCUT2D eigenvalue weighted by Gasteiger charge is 2.16. The Morgan fingerprint density at radius 1 is 1.00 bits per heavy atom. The van der Waals surface area contributed by atoms with Gasteiger partial charge in [-0.3, -0.25) is 0 Å². The van der Waals surface area contributed by atoms with E-state index in [0.29, 0.717) is 0 Å². The number of carbonyl (C=O) groups excluding carboxylic acids is 2. The number of benzene rings is 1. The molecule has 0 radical (unpaired) electrons. The predicted molar refractivity (Wildman–Crippen MR) is 65.6 cm³/mol. The van der Waals surface area contributed by atoms with Gasteiger partial charge in [-0.15, -0.1) is 0 Å². The fourth-order valence-electron chi connectivity index (χ4n) is 1.27. The maximum Gasteiger partial charge on any atom is 0.342 e. The van der Waals surface area contributed by atoms with Gasteiger partial charge in [-0.25, -0.2) is 18.0 Å². The van der Waals surface area contributed by atoms with Gasteiger partial charge in [0.1, 0.15) is 10.1 Å². The first-order chi connectivity index (χ1) is 9.29. The van der Waals surface area contributed by atoms with E-state index in [1.807, 2.05) is 0 Å². The fraction of sp³-hybridized carbons (Fsp3) is 0. The van der Waals surface area contributed by atoms with Crippen molar-refractivity contribution >= 4 is 22.1 Å². The van der Waals surface area contributed by atoms with Crippen molar-refractivity contribution in [2.75, 3.05) is 0 Å². The van der Waals surface area contributed by atoms with Crippen LogP contribution in [0.4, 0.5) is 0 Å². The molecule has 0 bridgehead atoms. The van der Waals surface area contributed by atoms with Gasteiger partial charge in [0.25, 0.3) is 0 Å². The van der Waals surface area contributed by atoms with Gasteiger partial charge in [-0.05, 0) is 18.2 Å². The lowest BCUT2D eigenvalue weighted by Crippen LogP contribution is -2.09. The van der Waals surface area contributed by atoms with Crippen LogP contribution >= 0.6 is 0 Å². The molecule has 0 heterocycles. The molecule has 1 rings (SSSR count). The molecule has 0 amide bonds. The summed E-state index contributed by atoms with van der Waals surface area (Å²) in [6.45, 7) is 6.31. The van der Waals surface area contributed by atoms with Gasteiger partial charge < -0.3 is 14.0 Å². The van der Waals surface area contributed by atoms with E-state index in [1.54, 1.807) is 0 Å². The number of rotatable bonds is 5. The fourth-order valence-corrected chi connectivity index (χ4v) is 1.81. The van der Waals surface area contributed by atoms with Crippen LogP contribution in [0.1, 0.15) is 20.7 Å². The lowest BCUT2D eigenvalue weighted by Gasteiger charge is -2.10. The van der Waals surface area contributed by atoms with Crippen LogP contribution in [-0.4, -0.2) is 24.9 Å². The summed E-state index contributed by atoms with van der Waals surface area (Å²) in [6.07, 6.45) is 1.64. The Kier molecular flexibility index (Phi) is 4.78. The minimum Gasteiger partial charge on any atom is -0.744 e. The molecule has 0 aliphatic heterocycles. The van der Waals surface area contributed by atoms with Crippen LogP contribution in [0.2, 0.25) is 0 Å². The van der Waals surface area contributed by atoms with E-state index in [-0.39, 0.29) is 11.1 Å². The molecule has 0 saturated carbocycles. The third-order valence-corrected chi connectivity index (χ3v) is 2.86. The zero-order valence-corrected chi connectivity index (χ0v) is 10.9. The standard InChI is InChI=1S/C12H10O7S/c1-3-18-11(13)8-5-9(12(14)19-4-2)7-10(6-8)20(15,16)17/h3-7H,1-2H2,(H,15,16,17)/p-1. The monoisotopic (exact) mass is 297 g/mol. The molecule has 1 aromatic carbocycles. The highest BCUT2D eigenvalue weighted by atomic mass is 32.2. The minimum absolute atomic E-state index is 0.308. The lowest BCUT2D eigenvalue weighted by atomic mass is 10.1. The quantitative estimate of drug-likeness (QED) is 0.456. The van der Waals surface area contributed by atoms with Gasteiger partial charge >= 0.3 is 11.9 Å². The summed E-state index contributed by atoms with van der Waals surface area (Å²) in [5, 5.41) is 0. The topological polar surface area (TPSA) is 110 Å². The summed E-state index contributed by atoms with van der Waals surface area (Å²) in [7, 11) is -4.86. The van der Waals surface area contributed by atoms with Gasteiger partial charge in [-0.2, -0.15) is 0 Å². The van der Waals surface area contributed by atoms with E-state index >= 15 is 0 Å². The van der Waals surface area contributed by atoms with Crippen molar-refractivity contribution in [1.29, 1.82) is 0 Å². The molecule has 0 spiro atoms. The van der Waals surface area contributed by atoms with Crippen molar-refractivity contribution in [3.63, 3.8) is 0 Å². The van der Waals surface area contributed by atoms with Crippen molar-refractivity contribution in [1.82, 2.24) is 0 Å². The lowest BCUT2D eigenvalue weighted by molar-refractivity contribution is 0.0663. The average molecular weight is 297 g/mol. The van der Waals surface area contributed by atoms with Crippen LogP contribution in [-0.2, 0) is 19.6 Å². The Hall–Kier alpha value is -2.45. The van der Waals surface area contributed by atoms with Crippen molar-refractivity contribution in [2.24, 2.45) is 0 Å². The molecule has 1 aromatic rings. The van der Waals surface area contributed by atoms with Gasteiger partial charge in [0, 0.05) is 0 Å². The second kappa shape index (κ2) is 6.13. The van der Waals surface area contributed by atoms with Crippen molar-refractivity contribution in [3.05, 3.63) is 55.0 Å². The third kappa shape index (κ3) is 3.77. The van der Waals surface area contributed by atoms with Crippen molar-refractivity contribution in [3.8, 4) is 0 Å². The molecule has 0 atom stereocenters. The molecule has 0 saturated heterocycles.